The van der Waals surface area contributed by atoms with E-state index in [2.05, 4.69) is 28.9 Å². The van der Waals surface area contributed by atoms with E-state index in [1.165, 1.54) is 6.42 Å². The van der Waals surface area contributed by atoms with Crippen LogP contribution in [-0.2, 0) is 4.74 Å². The summed E-state index contributed by atoms with van der Waals surface area (Å²) in [7, 11) is 4.28. The number of aromatic nitrogens is 3. The Bertz CT molecular complexity index is 725. The van der Waals surface area contributed by atoms with E-state index in [0.29, 0.717) is 11.2 Å². The van der Waals surface area contributed by atoms with Crippen LogP contribution in [0.3, 0.4) is 0 Å². The molecule has 0 radical (unpaired) electrons. The van der Waals surface area contributed by atoms with Crippen molar-refractivity contribution in [2.24, 2.45) is 0 Å². The molecule has 2 atom stereocenters. The largest absolute Gasteiger partial charge is 0.356 e. The molecule has 2 aromatic rings. The smallest absolute Gasteiger partial charge is 0.160 e. The van der Waals surface area contributed by atoms with Gasteiger partial charge in [0.05, 0.1) is 10.9 Å². The topological polar surface area (TPSA) is 46.4 Å². The first kappa shape index (κ1) is 16.1. The molecule has 24 heavy (non-hydrogen) atoms. The van der Waals surface area contributed by atoms with Crippen LogP contribution in [0, 0.1) is 0 Å². The van der Waals surface area contributed by atoms with Gasteiger partial charge in [-0.05, 0) is 39.8 Å². The molecule has 130 valence electrons. The van der Waals surface area contributed by atoms with E-state index >= 15 is 0 Å². The molecule has 2 aromatic heterocycles. The Morgan fingerprint density at radius 2 is 2.17 bits per heavy atom. The summed E-state index contributed by atoms with van der Waals surface area (Å²) < 4.78 is 7.97. The number of hydrogen-bond acceptors (Lipinski definition) is 5. The van der Waals surface area contributed by atoms with Crippen molar-refractivity contribution in [3.8, 4) is 0 Å². The van der Waals surface area contributed by atoms with E-state index in [0.717, 1.165) is 55.7 Å². The SMILES string of the molecule is CN(C)[C@@H]1CCN(c2nn(C3CCCCO3)c3cc(Cl)ncc23)C1. The number of likely N-dealkylation sites (N-methyl/N-ethyl adjacent to an activating group) is 1. The zero-order chi connectivity index (χ0) is 16.7. The molecule has 2 fully saturated rings. The molecule has 0 amide bonds. The van der Waals surface area contributed by atoms with Crippen molar-refractivity contribution in [1.29, 1.82) is 0 Å². The predicted molar refractivity (Wildman–Crippen MR) is 95.7 cm³/mol. The second kappa shape index (κ2) is 6.50. The second-order valence-electron chi connectivity index (χ2n) is 6.97. The Balaban J connectivity index is 1.73. The van der Waals surface area contributed by atoms with Crippen molar-refractivity contribution in [1.82, 2.24) is 19.7 Å². The predicted octanol–water partition coefficient (Wildman–Crippen LogP) is 2.92. The molecule has 2 aliphatic heterocycles. The van der Waals surface area contributed by atoms with E-state index in [9.17, 15) is 0 Å². The zero-order valence-corrected chi connectivity index (χ0v) is 15.0. The third kappa shape index (κ3) is 2.87. The van der Waals surface area contributed by atoms with Crippen LogP contribution in [0.5, 0.6) is 0 Å². The van der Waals surface area contributed by atoms with Gasteiger partial charge in [-0.2, -0.15) is 5.10 Å². The first-order chi connectivity index (χ1) is 11.6. The van der Waals surface area contributed by atoms with Crippen molar-refractivity contribution in [2.45, 2.75) is 38.0 Å². The Morgan fingerprint density at radius 3 is 2.88 bits per heavy atom. The third-order valence-electron chi connectivity index (χ3n) is 5.16. The van der Waals surface area contributed by atoms with Crippen LogP contribution in [0.2, 0.25) is 5.15 Å². The molecule has 6 nitrogen and oxygen atoms in total. The van der Waals surface area contributed by atoms with Crippen LogP contribution >= 0.6 is 11.6 Å². The summed E-state index contributed by atoms with van der Waals surface area (Å²) in [4.78, 5) is 8.94. The summed E-state index contributed by atoms with van der Waals surface area (Å²) in [5.41, 5.74) is 1.02. The Kier molecular flexibility index (Phi) is 4.37. The van der Waals surface area contributed by atoms with E-state index in [-0.39, 0.29) is 6.23 Å². The fourth-order valence-corrected chi connectivity index (χ4v) is 3.87. The van der Waals surface area contributed by atoms with E-state index in [4.69, 9.17) is 21.4 Å². The van der Waals surface area contributed by atoms with Gasteiger partial charge in [0.1, 0.15) is 5.15 Å². The number of ether oxygens (including phenoxy) is 1. The van der Waals surface area contributed by atoms with E-state index in [1.807, 2.05) is 16.9 Å². The number of halogens is 1. The van der Waals surface area contributed by atoms with Crippen molar-refractivity contribution in [3.63, 3.8) is 0 Å². The fraction of sp³-hybridized carbons (Fsp3) is 0.647. The number of pyridine rings is 1. The van der Waals surface area contributed by atoms with Gasteiger partial charge in [0.25, 0.3) is 0 Å². The lowest BCUT2D eigenvalue weighted by molar-refractivity contribution is -0.0365. The first-order valence-electron chi connectivity index (χ1n) is 8.70. The molecule has 4 rings (SSSR count). The van der Waals surface area contributed by atoms with Crippen molar-refractivity contribution in [2.75, 3.05) is 38.7 Å². The number of nitrogens with zero attached hydrogens (tertiary/aromatic N) is 5. The van der Waals surface area contributed by atoms with Crippen LogP contribution in [0.4, 0.5) is 5.82 Å². The lowest BCUT2D eigenvalue weighted by Crippen LogP contribution is -2.31. The average Bonchev–Trinajstić information content (AvgIpc) is 3.20. The standard InChI is InChI=1S/C17H24ClN5O/c1-21(2)12-6-7-22(11-12)17-13-10-19-15(18)9-14(13)23(20-17)16-5-3-4-8-24-16/h9-10,12,16H,3-8,11H2,1-2H3/t12-,16?/m1/s1. The minimum atomic E-state index is 0.000662. The molecule has 0 aliphatic carbocycles. The van der Waals surface area contributed by atoms with E-state index in [1.54, 1.807) is 0 Å². The van der Waals surface area contributed by atoms with Crippen LogP contribution in [0.1, 0.15) is 31.9 Å². The molecule has 2 saturated heterocycles. The fourth-order valence-electron chi connectivity index (χ4n) is 3.72. The highest BCUT2D eigenvalue weighted by atomic mass is 35.5. The van der Waals surface area contributed by atoms with Crippen LogP contribution in [0.15, 0.2) is 12.3 Å². The second-order valence-corrected chi connectivity index (χ2v) is 7.35. The Labute approximate surface area is 147 Å². The van der Waals surface area contributed by atoms with Gasteiger partial charge >= 0.3 is 0 Å². The molecule has 0 aromatic carbocycles. The van der Waals surface area contributed by atoms with Gasteiger partial charge < -0.3 is 14.5 Å². The highest BCUT2D eigenvalue weighted by molar-refractivity contribution is 6.30. The van der Waals surface area contributed by atoms with Gasteiger partial charge in [-0.15, -0.1) is 0 Å². The minimum absolute atomic E-state index is 0.000662. The monoisotopic (exact) mass is 349 g/mol. The van der Waals surface area contributed by atoms with Gasteiger partial charge in [0, 0.05) is 38.0 Å². The minimum Gasteiger partial charge on any atom is -0.356 e. The molecule has 1 unspecified atom stereocenters. The number of fused-ring (bicyclic) bond motifs is 1. The van der Waals surface area contributed by atoms with Crippen LogP contribution in [-0.4, -0.2) is 59.5 Å². The average molecular weight is 350 g/mol. The number of anilines is 1. The summed E-state index contributed by atoms with van der Waals surface area (Å²) in [5.74, 6) is 1.01. The maximum atomic E-state index is 6.15. The molecule has 0 saturated carbocycles. The maximum Gasteiger partial charge on any atom is 0.160 e. The third-order valence-corrected chi connectivity index (χ3v) is 5.37. The van der Waals surface area contributed by atoms with Crippen LogP contribution < -0.4 is 4.90 Å². The summed E-state index contributed by atoms with van der Waals surface area (Å²) in [5, 5.41) is 6.49. The van der Waals surface area contributed by atoms with E-state index < -0.39 is 0 Å². The highest BCUT2D eigenvalue weighted by Gasteiger charge is 2.29. The summed E-state index contributed by atoms with van der Waals surface area (Å²) in [6, 6.07) is 2.47. The van der Waals surface area contributed by atoms with Crippen LogP contribution in [0.25, 0.3) is 10.9 Å². The molecule has 4 heterocycles. The number of hydrogen-bond donors (Lipinski definition) is 0. The molecular weight excluding hydrogens is 326 g/mol. The van der Waals surface area contributed by atoms with Gasteiger partial charge in [0.2, 0.25) is 0 Å². The molecule has 7 heteroatoms. The zero-order valence-electron chi connectivity index (χ0n) is 14.3. The summed E-state index contributed by atoms with van der Waals surface area (Å²) in [6.07, 6.45) is 6.30. The Morgan fingerprint density at radius 1 is 1.29 bits per heavy atom. The van der Waals surface area contributed by atoms with Gasteiger partial charge in [-0.1, -0.05) is 11.6 Å². The molecular formula is C17H24ClN5O. The quantitative estimate of drug-likeness (QED) is 0.797. The van der Waals surface area contributed by atoms with Gasteiger partial charge in [-0.3, -0.25) is 0 Å². The molecule has 0 spiro atoms. The molecule has 0 bridgehead atoms. The first-order valence-corrected chi connectivity index (χ1v) is 9.08. The maximum absolute atomic E-state index is 6.15. The van der Waals surface area contributed by atoms with Crippen molar-refractivity contribution in [3.05, 3.63) is 17.4 Å². The summed E-state index contributed by atoms with van der Waals surface area (Å²) >= 11 is 6.15. The van der Waals surface area contributed by atoms with Gasteiger partial charge in [0.15, 0.2) is 12.0 Å². The van der Waals surface area contributed by atoms with Crippen molar-refractivity contribution < 1.29 is 4.74 Å². The Hall–Kier alpha value is -1.37. The molecule has 2 aliphatic rings. The normalized spacial score (nSPS) is 25.1. The molecule has 0 N–H and O–H groups in total. The number of rotatable bonds is 3. The lowest BCUT2D eigenvalue weighted by atomic mass is 10.2. The van der Waals surface area contributed by atoms with Gasteiger partial charge in [-0.25, -0.2) is 9.67 Å². The summed E-state index contributed by atoms with van der Waals surface area (Å²) in [6.45, 7) is 2.81. The highest BCUT2D eigenvalue weighted by Crippen LogP contribution is 2.34. The van der Waals surface area contributed by atoms with Crippen molar-refractivity contribution >= 4 is 28.3 Å². The lowest BCUT2D eigenvalue weighted by Gasteiger charge is -2.23.